The summed E-state index contributed by atoms with van der Waals surface area (Å²) in [6.45, 7) is 6.28. The summed E-state index contributed by atoms with van der Waals surface area (Å²) in [7, 11) is 1.75. The minimum atomic E-state index is -0.209. The fourth-order valence-corrected chi connectivity index (χ4v) is 3.09. The maximum atomic E-state index is 12.7. The minimum absolute atomic E-state index is 0.00862. The number of pyridine rings is 1. The second-order valence-corrected chi connectivity index (χ2v) is 6.71. The summed E-state index contributed by atoms with van der Waals surface area (Å²) in [6.07, 6.45) is 2.42. The highest BCUT2D eigenvalue weighted by Crippen LogP contribution is 2.41. The van der Waals surface area contributed by atoms with Crippen LogP contribution < -0.4 is 15.4 Å². The molecule has 27 heavy (non-hydrogen) atoms. The van der Waals surface area contributed by atoms with Crippen LogP contribution in [0.2, 0.25) is 0 Å². The quantitative estimate of drug-likeness (QED) is 0.869. The van der Waals surface area contributed by atoms with Crippen LogP contribution in [-0.4, -0.2) is 42.0 Å². The third kappa shape index (κ3) is 3.86. The van der Waals surface area contributed by atoms with Gasteiger partial charge in [0.05, 0.1) is 11.4 Å². The lowest BCUT2D eigenvalue weighted by Gasteiger charge is -2.27. The first-order chi connectivity index (χ1) is 12.9. The van der Waals surface area contributed by atoms with Crippen LogP contribution in [0, 0.1) is 20.8 Å². The number of anilines is 2. The number of ether oxygens (including phenoxy) is 1. The standard InChI is InChI=1S/C20H24N4O3/c1-12-13(2)19-18(22-16(25)11-27-19)14(3)17(12)23-20(26)24(4)10-8-15-7-5-6-9-21-15/h5-7,9H,8,10-11H2,1-4H3,(H,22,25)(H,23,26). The maximum Gasteiger partial charge on any atom is 0.321 e. The molecule has 0 fully saturated rings. The van der Waals surface area contributed by atoms with Crippen molar-refractivity contribution in [2.24, 2.45) is 0 Å². The molecule has 0 saturated heterocycles. The number of aromatic nitrogens is 1. The number of nitrogens with one attached hydrogen (secondary N) is 2. The number of nitrogens with zero attached hydrogens (tertiary/aromatic N) is 2. The molecule has 3 amide bonds. The van der Waals surface area contributed by atoms with E-state index in [1.54, 1.807) is 18.1 Å². The van der Waals surface area contributed by atoms with Gasteiger partial charge >= 0.3 is 6.03 Å². The van der Waals surface area contributed by atoms with Gasteiger partial charge in [0.15, 0.2) is 6.61 Å². The molecule has 1 aromatic carbocycles. The summed E-state index contributed by atoms with van der Waals surface area (Å²) in [6, 6.07) is 5.53. The van der Waals surface area contributed by atoms with Gasteiger partial charge in [-0.15, -0.1) is 0 Å². The molecule has 0 unspecified atom stereocenters. The van der Waals surface area contributed by atoms with E-state index < -0.39 is 0 Å². The van der Waals surface area contributed by atoms with E-state index in [-0.39, 0.29) is 18.5 Å². The first-order valence-corrected chi connectivity index (χ1v) is 8.87. The first-order valence-electron chi connectivity index (χ1n) is 8.87. The van der Waals surface area contributed by atoms with Crippen LogP contribution in [0.5, 0.6) is 5.75 Å². The SMILES string of the molecule is Cc1c(C)c2c(c(C)c1NC(=O)N(C)CCc1ccccn1)NC(=O)CO2. The molecule has 1 aromatic heterocycles. The van der Waals surface area contributed by atoms with Crippen LogP contribution >= 0.6 is 0 Å². The van der Waals surface area contributed by atoms with Crippen LogP contribution in [0.3, 0.4) is 0 Å². The molecule has 1 aliphatic heterocycles. The van der Waals surface area contributed by atoms with Crippen molar-refractivity contribution in [1.29, 1.82) is 0 Å². The molecule has 0 atom stereocenters. The Bertz CT molecular complexity index is 881. The van der Waals surface area contributed by atoms with Gasteiger partial charge in [0, 0.05) is 37.5 Å². The van der Waals surface area contributed by atoms with E-state index in [0.29, 0.717) is 30.1 Å². The van der Waals surface area contributed by atoms with E-state index in [9.17, 15) is 9.59 Å². The highest BCUT2D eigenvalue weighted by Gasteiger charge is 2.25. The lowest BCUT2D eigenvalue weighted by molar-refractivity contribution is -0.118. The van der Waals surface area contributed by atoms with E-state index in [2.05, 4.69) is 15.6 Å². The monoisotopic (exact) mass is 368 g/mol. The summed E-state index contributed by atoms with van der Waals surface area (Å²) >= 11 is 0. The average Bonchev–Trinajstić information content (AvgIpc) is 2.68. The van der Waals surface area contributed by atoms with Crippen LogP contribution in [-0.2, 0) is 11.2 Å². The minimum Gasteiger partial charge on any atom is -0.481 e. The number of urea groups is 1. The molecule has 0 saturated carbocycles. The highest BCUT2D eigenvalue weighted by molar-refractivity contribution is 6.00. The Labute approximate surface area is 158 Å². The molecule has 7 nitrogen and oxygen atoms in total. The predicted octanol–water partition coefficient (Wildman–Crippen LogP) is 3.04. The number of benzene rings is 1. The third-order valence-corrected chi connectivity index (χ3v) is 4.88. The molecule has 142 valence electrons. The van der Waals surface area contributed by atoms with Crippen LogP contribution in [0.25, 0.3) is 0 Å². The molecule has 2 heterocycles. The van der Waals surface area contributed by atoms with Gasteiger partial charge in [0.25, 0.3) is 5.91 Å². The summed E-state index contributed by atoms with van der Waals surface area (Å²) in [4.78, 5) is 30.3. The van der Waals surface area contributed by atoms with Gasteiger partial charge in [-0.25, -0.2) is 4.79 Å². The molecule has 0 bridgehead atoms. The van der Waals surface area contributed by atoms with Gasteiger partial charge in [-0.05, 0) is 44.0 Å². The average molecular weight is 368 g/mol. The van der Waals surface area contributed by atoms with Gasteiger partial charge in [0.2, 0.25) is 0 Å². The largest absolute Gasteiger partial charge is 0.481 e. The smallest absolute Gasteiger partial charge is 0.321 e. The summed E-state index contributed by atoms with van der Waals surface area (Å²) in [5.74, 6) is 0.477. The molecule has 0 radical (unpaired) electrons. The van der Waals surface area contributed by atoms with Gasteiger partial charge < -0.3 is 20.3 Å². The number of carbonyl (C=O) groups is 2. The normalized spacial score (nSPS) is 12.7. The summed E-state index contributed by atoms with van der Waals surface area (Å²) in [5, 5.41) is 5.83. The zero-order valence-electron chi connectivity index (χ0n) is 16.0. The fraction of sp³-hybridized carbons (Fsp3) is 0.350. The van der Waals surface area contributed by atoms with E-state index in [0.717, 1.165) is 22.4 Å². The highest BCUT2D eigenvalue weighted by atomic mass is 16.5. The van der Waals surface area contributed by atoms with E-state index in [1.165, 1.54) is 0 Å². The second kappa shape index (κ2) is 7.65. The number of amides is 3. The van der Waals surface area contributed by atoms with Crippen molar-refractivity contribution in [2.75, 3.05) is 30.8 Å². The molecule has 2 N–H and O–H groups in total. The van der Waals surface area contributed by atoms with Crippen LogP contribution in [0.4, 0.5) is 16.2 Å². The van der Waals surface area contributed by atoms with Crippen molar-refractivity contribution >= 4 is 23.3 Å². The molecular weight excluding hydrogens is 344 g/mol. The van der Waals surface area contributed by atoms with Crippen molar-refractivity contribution < 1.29 is 14.3 Å². The van der Waals surface area contributed by atoms with E-state index in [1.807, 2.05) is 39.0 Å². The van der Waals surface area contributed by atoms with Crippen molar-refractivity contribution in [3.05, 3.63) is 46.8 Å². The lowest BCUT2D eigenvalue weighted by atomic mass is 9.99. The molecule has 3 rings (SSSR count). The molecular formula is C20H24N4O3. The predicted molar refractivity (Wildman–Crippen MR) is 104 cm³/mol. The Hall–Kier alpha value is -3.09. The molecule has 0 spiro atoms. The number of rotatable bonds is 4. The molecule has 0 aliphatic carbocycles. The van der Waals surface area contributed by atoms with Crippen molar-refractivity contribution in [2.45, 2.75) is 27.2 Å². The Kier molecular flexibility index (Phi) is 5.30. The number of hydrogen-bond acceptors (Lipinski definition) is 4. The van der Waals surface area contributed by atoms with E-state index >= 15 is 0 Å². The fourth-order valence-electron chi connectivity index (χ4n) is 3.09. The Balaban J connectivity index is 1.76. The molecule has 1 aliphatic rings. The Morgan fingerprint density at radius 1 is 1.26 bits per heavy atom. The topological polar surface area (TPSA) is 83.6 Å². The van der Waals surface area contributed by atoms with E-state index in [4.69, 9.17) is 4.74 Å². The summed E-state index contributed by atoms with van der Waals surface area (Å²) < 4.78 is 5.58. The van der Waals surface area contributed by atoms with Crippen molar-refractivity contribution in [3.8, 4) is 5.75 Å². The van der Waals surface area contributed by atoms with Crippen LogP contribution in [0.15, 0.2) is 24.4 Å². The van der Waals surface area contributed by atoms with Crippen molar-refractivity contribution in [1.82, 2.24) is 9.88 Å². The Morgan fingerprint density at radius 3 is 2.74 bits per heavy atom. The number of fused-ring (bicyclic) bond motifs is 1. The molecule has 2 aromatic rings. The number of carbonyl (C=O) groups excluding carboxylic acids is 2. The van der Waals surface area contributed by atoms with Gasteiger partial charge in [-0.3, -0.25) is 9.78 Å². The number of likely N-dealkylation sites (N-methyl/N-ethyl adjacent to an activating group) is 1. The van der Waals surface area contributed by atoms with Crippen LogP contribution in [0.1, 0.15) is 22.4 Å². The third-order valence-electron chi connectivity index (χ3n) is 4.88. The lowest BCUT2D eigenvalue weighted by Crippen LogP contribution is -2.34. The van der Waals surface area contributed by atoms with Gasteiger partial charge in [0.1, 0.15) is 5.75 Å². The zero-order chi connectivity index (χ0) is 19.6. The zero-order valence-corrected chi connectivity index (χ0v) is 16.0. The van der Waals surface area contributed by atoms with Gasteiger partial charge in [-0.1, -0.05) is 6.07 Å². The number of hydrogen-bond donors (Lipinski definition) is 2. The van der Waals surface area contributed by atoms with Crippen molar-refractivity contribution in [3.63, 3.8) is 0 Å². The summed E-state index contributed by atoms with van der Waals surface area (Å²) in [5.41, 5.74) is 4.88. The Morgan fingerprint density at radius 2 is 2.04 bits per heavy atom. The maximum absolute atomic E-state index is 12.7. The van der Waals surface area contributed by atoms with Gasteiger partial charge in [-0.2, -0.15) is 0 Å². The molecule has 7 heteroatoms. The first kappa shape index (κ1) is 18.7. The second-order valence-electron chi connectivity index (χ2n) is 6.71.